The number of fused-ring (bicyclic) bond motifs is 2. The second kappa shape index (κ2) is 5.79. The molecule has 28 heavy (non-hydrogen) atoms. The number of para-hydroxylation sites is 1. The van der Waals surface area contributed by atoms with Crippen LogP contribution in [0.4, 0.5) is 5.69 Å². The van der Waals surface area contributed by atoms with E-state index in [1.54, 1.807) is 17.2 Å². The molecule has 142 valence electrons. The number of likely N-dealkylation sites (tertiary alicyclic amines) is 1. The summed E-state index contributed by atoms with van der Waals surface area (Å²) in [5.41, 5.74) is 2.02. The van der Waals surface area contributed by atoms with E-state index in [9.17, 15) is 9.59 Å². The van der Waals surface area contributed by atoms with Gasteiger partial charge < -0.3 is 14.8 Å². The summed E-state index contributed by atoms with van der Waals surface area (Å²) in [6, 6.07) is 8.91. The van der Waals surface area contributed by atoms with Gasteiger partial charge in [-0.25, -0.2) is 4.98 Å². The maximum Gasteiger partial charge on any atom is 0.275 e. The molecular weight excluding hydrogens is 356 g/mol. The highest BCUT2D eigenvalue weighted by Crippen LogP contribution is 2.54. The number of aryl methyl sites for hydroxylation is 2. The van der Waals surface area contributed by atoms with E-state index in [4.69, 9.17) is 0 Å². The Kier molecular flexibility index (Phi) is 3.46. The molecule has 1 fully saturated rings. The number of nitrogens with zero attached hydrogens (tertiary/aromatic N) is 4. The first kappa shape index (κ1) is 16.7. The van der Waals surface area contributed by atoms with Crippen LogP contribution in [0, 0.1) is 6.92 Å². The molecule has 0 aliphatic carbocycles. The molecule has 5 rings (SSSR count). The number of rotatable bonds is 2. The number of aromatic amines is 1. The van der Waals surface area contributed by atoms with Crippen LogP contribution in [0.15, 0.2) is 42.7 Å². The minimum absolute atomic E-state index is 0.0878. The number of imidazole rings is 1. The summed E-state index contributed by atoms with van der Waals surface area (Å²) in [6.07, 6.45) is 4.06. The molecule has 0 unspecified atom stereocenters. The van der Waals surface area contributed by atoms with E-state index in [-0.39, 0.29) is 11.8 Å². The maximum absolute atomic E-state index is 13.3. The van der Waals surface area contributed by atoms with Gasteiger partial charge in [0.1, 0.15) is 23.0 Å². The monoisotopic (exact) mass is 376 g/mol. The van der Waals surface area contributed by atoms with Gasteiger partial charge in [-0.05, 0) is 31.0 Å². The third kappa shape index (κ3) is 2.11. The molecule has 2 aliphatic heterocycles. The van der Waals surface area contributed by atoms with Crippen LogP contribution in [0.2, 0.25) is 0 Å². The second-order valence-electron chi connectivity index (χ2n) is 7.45. The largest absolute Gasteiger partial charge is 0.336 e. The lowest BCUT2D eigenvalue weighted by atomic mass is 9.74. The molecule has 8 nitrogen and oxygen atoms in total. The number of carbonyl (C=O) groups excluding carboxylic acids is 2. The fraction of sp³-hybridized carbons (Fsp3) is 0.300. The average Bonchev–Trinajstić information content (AvgIpc) is 3.43. The van der Waals surface area contributed by atoms with Crippen LogP contribution in [0.1, 0.15) is 40.0 Å². The average molecular weight is 376 g/mol. The predicted octanol–water partition coefficient (Wildman–Crippen LogP) is 1.93. The first-order chi connectivity index (χ1) is 13.5. The molecule has 2 aromatic heterocycles. The molecule has 3 aromatic rings. The number of amides is 2. The number of anilines is 1. The molecular formula is C20H20N6O2. The van der Waals surface area contributed by atoms with Crippen LogP contribution >= 0.6 is 0 Å². The van der Waals surface area contributed by atoms with Gasteiger partial charge in [0.05, 0.1) is 0 Å². The summed E-state index contributed by atoms with van der Waals surface area (Å²) in [7, 11) is 1.88. The van der Waals surface area contributed by atoms with Crippen LogP contribution in [0.25, 0.3) is 0 Å². The Hall–Kier alpha value is -3.42. The number of hydrogen-bond donors (Lipinski definition) is 2. The number of nitrogens with one attached hydrogen (secondary N) is 2. The Morgan fingerprint density at radius 1 is 1.32 bits per heavy atom. The minimum Gasteiger partial charge on any atom is -0.336 e. The summed E-state index contributed by atoms with van der Waals surface area (Å²) >= 11 is 0. The van der Waals surface area contributed by atoms with Crippen molar-refractivity contribution in [2.45, 2.75) is 24.8 Å². The van der Waals surface area contributed by atoms with Crippen molar-refractivity contribution in [1.29, 1.82) is 0 Å². The van der Waals surface area contributed by atoms with Crippen LogP contribution in [0.5, 0.6) is 0 Å². The van der Waals surface area contributed by atoms with Crippen molar-refractivity contribution in [3.05, 3.63) is 65.5 Å². The maximum atomic E-state index is 13.3. The van der Waals surface area contributed by atoms with Crippen LogP contribution < -0.4 is 5.32 Å². The van der Waals surface area contributed by atoms with E-state index in [2.05, 4.69) is 20.5 Å². The van der Waals surface area contributed by atoms with E-state index >= 15 is 0 Å². The SMILES string of the molecule is Cc1cc(C(=O)N2CC[C@]3(C(=O)Nc4ccccc43)[C@@H]2c2nccn2C)n[nH]1. The van der Waals surface area contributed by atoms with Gasteiger partial charge in [-0.15, -0.1) is 0 Å². The number of hydrogen-bond acceptors (Lipinski definition) is 4. The predicted molar refractivity (Wildman–Crippen MR) is 102 cm³/mol. The highest BCUT2D eigenvalue weighted by molar-refractivity contribution is 6.08. The summed E-state index contributed by atoms with van der Waals surface area (Å²) in [5, 5.41) is 9.96. The summed E-state index contributed by atoms with van der Waals surface area (Å²) in [4.78, 5) is 32.8. The van der Waals surface area contributed by atoms with E-state index in [1.807, 2.05) is 49.0 Å². The van der Waals surface area contributed by atoms with Crippen molar-refractivity contribution < 1.29 is 9.59 Å². The van der Waals surface area contributed by atoms with Crippen molar-refractivity contribution in [3.63, 3.8) is 0 Å². The summed E-state index contributed by atoms with van der Waals surface area (Å²) in [6.45, 7) is 2.30. The molecule has 2 aliphatic rings. The Balaban J connectivity index is 1.68. The first-order valence-corrected chi connectivity index (χ1v) is 9.23. The fourth-order valence-electron chi connectivity index (χ4n) is 4.58. The highest BCUT2D eigenvalue weighted by atomic mass is 16.2. The summed E-state index contributed by atoms with van der Waals surface area (Å²) < 4.78 is 1.88. The van der Waals surface area contributed by atoms with Crippen LogP contribution in [0.3, 0.4) is 0 Å². The van der Waals surface area contributed by atoms with Crippen LogP contribution in [-0.2, 0) is 17.3 Å². The molecule has 1 aromatic carbocycles. The smallest absolute Gasteiger partial charge is 0.275 e. The zero-order valence-electron chi connectivity index (χ0n) is 15.6. The van der Waals surface area contributed by atoms with Gasteiger partial charge in [-0.3, -0.25) is 14.7 Å². The van der Waals surface area contributed by atoms with Crippen molar-refractivity contribution in [2.24, 2.45) is 7.05 Å². The van der Waals surface area contributed by atoms with Crippen molar-refractivity contribution in [1.82, 2.24) is 24.6 Å². The van der Waals surface area contributed by atoms with Crippen molar-refractivity contribution in [3.8, 4) is 0 Å². The number of carbonyl (C=O) groups is 2. The molecule has 2 amide bonds. The second-order valence-corrected chi connectivity index (χ2v) is 7.45. The standard InChI is InChI=1S/C20H20N6O2/c1-12-11-15(24-23-12)18(27)26-9-7-20(16(26)17-21-8-10-25(17)2)13-5-3-4-6-14(13)22-19(20)28/h3-6,8,10-11,16H,7,9H2,1-2H3,(H,22,28)(H,23,24)/t16-,20+/m0/s1. The quantitative estimate of drug-likeness (QED) is 0.714. The zero-order valence-corrected chi connectivity index (χ0v) is 15.6. The number of aromatic nitrogens is 4. The van der Waals surface area contributed by atoms with Gasteiger partial charge in [-0.2, -0.15) is 5.10 Å². The molecule has 2 N–H and O–H groups in total. The molecule has 2 atom stereocenters. The van der Waals surface area contributed by atoms with Gasteiger partial charge in [0.15, 0.2) is 0 Å². The molecule has 4 heterocycles. The van der Waals surface area contributed by atoms with Gasteiger partial charge in [0.25, 0.3) is 5.91 Å². The van der Waals surface area contributed by atoms with Crippen molar-refractivity contribution >= 4 is 17.5 Å². The van der Waals surface area contributed by atoms with Gasteiger partial charge >= 0.3 is 0 Å². The Labute approximate surface area is 161 Å². The lowest BCUT2D eigenvalue weighted by Crippen LogP contribution is -2.43. The lowest BCUT2D eigenvalue weighted by molar-refractivity contribution is -0.121. The molecule has 0 bridgehead atoms. The molecule has 1 spiro atoms. The van der Waals surface area contributed by atoms with Gasteiger partial charge in [0, 0.05) is 37.4 Å². The van der Waals surface area contributed by atoms with E-state index < -0.39 is 11.5 Å². The van der Waals surface area contributed by atoms with E-state index in [0.29, 0.717) is 24.5 Å². The summed E-state index contributed by atoms with van der Waals surface area (Å²) in [5.74, 6) is 0.395. The van der Waals surface area contributed by atoms with Gasteiger partial charge in [0.2, 0.25) is 5.91 Å². The van der Waals surface area contributed by atoms with E-state index in [0.717, 1.165) is 16.9 Å². The third-order valence-corrected chi connectivity index (χ3v) is 5.88. The van der Waals surface area contributed by atoms with Crippen LogP contribution in [-0.4, -0.2) is 43.0 Å². The molecule has 8 heteroatoms. The van der Waals surface area contributed by atoms with Gasteiger partial charge in [-0.1, -0.05) is 18.2 Å². The number of H-pyrrole nitrogens is 1. The number of benzene rings is 1. The minimum atomic E-state index is -0.864. The van der Waals surface area contributed by atoms with Crippen molar-refractivity contribution in [2.75, 3.05) is 11.9 Å². The Morgan fingerprint density at radius 3 is 2.86 bits per heavy atom. The highest BCUT2D eigenvalue weighted by Gasteiger charge is 2.60. The fourth-order valence-corrected chi connectivity index (χ4v) is 4.58. The molecule has 1 saturated heterocycles. The Morgan fingerprint density at radius 2 is 2.14 bits per heavy atom. The van der Waals surface area contributed by atoms with E-state index in [1.165, 1.54) is 0 Å². The third-order valence-electron chi connectivity index (χ3n) is 5.88. The normalized spacial score (nSPS) is 23.3. The first-order valence-electron chi connectivity index (χ1n) is 9.23. The molecule has 0 saturated carbocycles. The Bertz CT molecular complexity index is 1100. The topological polar surface area (TPSA) is 95.9 Å². The zero-order chi connectivity index (χ0) is 19.5. The molecule has 0 radical (unpaired) electrons. The lowest BCUT2D eigenvalue weighted by Gasteiger charge is -2.33.